The van der Waals surface area contributed by atoms with Gasteiger partial charge < -0.3 is 0 Å². The molecule has 0 bridgehead atoms. The molecule has 0 unspecified atom stereocenters. The molecule has 0 radical (unpaired) electrons. The van der Waals surface area contributed by atoms with E-state index in [1.807, 2.05) is 0 Å². The highest BCUT2D eigenvalue weighted by Crippen LogP contribution is 2.34. The molecule has 0 aromatic heterocycles. The summed E-state index contributed by atoms with van der Waals surface area (Å²) in [7, 11) is -3.52. The van der Waals surface area contributed by atoms with Crippen molar-refractivity contribution in [2.75, 3.05) is 0 Å². The molecule has 1 aliphatic rings. The fourth-order valence-electron chi connectivity index (χ4n) is 1.55. The fraction of sp³-hybridized carbons (Fsp3) is 0.364. The van der Waals surface area contributed by atoms with E-state index in [1.165, 1.54) is 18.2 Å². The third kappa shape index (κ3) is 2.43. The SMILES string of the molecule is O=C=NCc1ccc(S(=O)(=O)C2CC2)c(F)c1. The summed E-state index contributed by atoms with van der Waals surface area (Å²) >= 11 is 0. The van der Waals surface area contributed by atoms with Gasteiger partial charge in [-0.2, -0.15) is 0 Å². The number of isocyanates is 1. The minimum absolute atomic E-state index is 0.00414. The first-order valence-electron chi connectivity index (χ1n) is 5.11. The Morgan fingerprint density at radius 3 is 2.65 bits per heavy atom. The standard InChI is InChI=1S/C11H10FNO3S/c12-10-5-8(6-13-7-14)1-4-11(10)17(15,16)9-2-3-9/h1,4-5,9H,2-3,6H2. The number of hydrogen-bond acceptors (Lipinski definition) is 4. The van der Waals surface area contributed by atoms with Crippen LogP contribution in [0.4, 0.5) is 4.39 Å². The first-order chi connectivity index (χ1) is 8.05. The lowest BCUT2D eigenvalue weighted by molar-refractivity contribution is 0.560. The van der Waals surface area contributed by atoms with Gasteiger partial charge in [-0.15, -0.1) is 0 Å². The summed E-state index contributed by atoms with van der Waals surface area (Å²) in [5, 5.41) is -0.434. The molecule has 90 valence electrons. The molecule has 0 aliphatic heterocycles. The minimum atomic E-state index is -3.52. The van der Waals surface area contributed by atoms with Crippen molar-refractivity contribution in [3.63, 3.8) is 0 Å². The van der Waals surface area contributed by atoms with Crippen LogP contribution in [0.1, 0.15) is 18.4 Å². The number of benzene rings is 1. The summed E-state index contributed by atoms with van der Waals surface area (Å²) in [4.78, 5) is 12.9. The van der Waals surface area contributed by atoms with Crippen molar-refractivity contribution in [1.29, 1.82) is 0 Å². The normalized spacial score (nSPS) is 15.4. The Balaban J connectivity index is 2.34. The highest BCUT2D eigenvalue weighted by molar-refractivity contribution is 7.92. The molecule has 0 amide bonds. The molecule has 6 heteroatoms. The fourth-order valence-corrected chi connectivity index (χ4v) is 3.26. The quantitative estimate of drug-likeness (QED) is 0.606. The molecular formula is C11H10FNO3S. The summed E-state index contributed by atoms with van der Waals surface area (Å²) in [5.41, 5.74) is 0.445. The van der Waals surface area contributed by atoms with Crippen LogP contribution in [0.5, 0.6) is 0 Å². The second-order valence-electron chi connectivity index (χ2n) is 3.92. The molecule has 0 spiro atoms. The number of hydrogen-bond donors (Lipinski definition) is 0. The molecule has 1 saturated carbocycles. The third-order valence-electron chi connectivity index (χ3n) is 2.59. The lowest BCUT2D eigenvalue weighted by Gasteiger charge is -2.05. The van der Waals surface area contributed by atoms with Crippen molar-refractivity contribution >= 4 is 15.9 Å². The van der Waals surface area contributed by atoms with Crippen molar-refractivity contribution in [3.8, 4) is 0 Å². The van der Waals surface area contributed by atoms with Crippen LogP contribution in [0.3, 0.4) is 0 Å². The minimum Gasteiger partial charge on any atom is -0.223 e. The third-order valence-corrected chi connectivity index (χ3v) is 4.89. The largest absolute Gasteiger partial charge is 0.235 e. The number of rotatable bonds is 4. The molecule has 2 rings (SSSR count). The zero-order valence-corrected chi connectivity index (χ0v) is 9.71. The zero-order valence-electron chi connectivity index (χ0n) is 8.89. The average Bonchev–Trinajstić information content (AvgIpc) is 3.10. The molecule has 1 aromatic carbocycles. The van der Waals surface area contributed by atoms with E-state index in [-0.39, 0.29) is 11.4 Å². The number of halogens is 1. The number of carbonyl (C=O) groups excluding carboxylic acids is 1. The Hall–Kier alpha value is -1.52. The molecule has 0 heterocycles. The molecule has 17 heavy (non-hydrogen) atoms. The Morgan fingerprint density at radius 1 is 1.41 bits per heavy atom. The molecular weight excluding hydrogens is 245 g/mol. The second kappa shape index (κ2) is 4.39. The first kappa shape index (κ1) is 12.0. The van der Waals surface area contributed by atoms with Gasteiger partial charge in [-0.1, -0.05) is 6.07 Å². The van der Waals surface area contributed by atoms with E-state index in [1.54, 1.807) is 0 Å². The van der Waals surface area contributed by atoms with Crippen molar-refractivity contribution in [2.24, 2.45) is 4.99 Å². The number of sulfone groups is 1. The van der Waals surface area contributed by atoms with E-state index in [0.717, 1.165) is 6.07 Å². The van der Waals surface area contributed by atoms with Gasteiger partial charge in [-0.05, 0) is 30.5 Å². The van der Waals surface area contributed by atoms with Crippen molar-refractivity contribution in [1.82, 2.24) is 0 Å². The van der Waals surface area contributed by atoms with E-state index in [9.17, 15) is 17.6 Å². The highest BCUT2D eigenvalue weighted by atomic mass is 32.2. The van der Waals surface area contributed by atoms with Crippen LogP contribution in [-0.2, 0) is 21.2 Å². The maximum atomic E-state index is 13.6. The molecule has 0 saturated heterocycles. The van der Waals surface area contributed by atoms with Crippen LogP contribution in [0.25, 0.3) is 0 Å². The van der Waals surface area contributed by atoms with E-state index in [2.05, 4.69) is 4.99 Å². The van der Waals surface area contributed by atoms with Gasteiger partial charge >= 0.3 is 0 Å². The molecule has 0 N–H and O–H groups in total. The van der Waals surface area contributed by atoms with Crippen LogP contribution >= 0.6 is 0 Å². The van der Waals surface area contributed by atoms with Crippen LogP contribution in [0.15, 0.2) is 28.1 Å². The van der Waals surface area contributed by atoms with Gasteiger partial charge in [-0.3, -0.25) is 0 Å². The van der Waals surface area contributed by atoms with Gasteiger partial charge in [0.15, 0.2) is 9.84 Å². The van der Waals surface area contributed by atoms with E-state index < -0.39 is 20.9 Å². The predicted octanol–water partition coefficient (Wildman–Crippen LogP) is 1.60. The Bertz CT molecular complexity index is 587. The monoisotopic (exact) mass is 255 g/mol. The molecule has 1 fully saturated rings. The maximum Gasteiger partial charge on any atom is 0.235 e. The summed E-state index contributed by atoms with van der Waals surface area (Å²) in [6.07, 6.45) is 2.54. The van der Waals surface area contributed by atoms with Crippen LogP contribution < -0.4 is 0 Å². The van der Waals surface area contributed by atoms with E-state index in [4.69, 9.17) is 0 Å². The predicted molar refractivity (Wildman–Crippen MR) is 58.4 cm³/mol. The molecule has 1 aromatic rings. The molecule has 0 atom stereocenters. The van der Waals surface area contributed by atoms with E-state index >= 15 is 0 Å². The van der Waals surface area contributed by atoms with Gasteiger partial charge in [0.2, 0.25) is 6.08 Å². The van der Waals surface area contributed by atoms with Gasteiger partial charge in [0.1, 0.15) is 10.7 Å². The van der Waals surface area contributed by atoms with Crippen molar-refractivity contribution in [2.45, 2.75) is 29.5 Å². The molecule has 1 aliphatic carbocycles. The van der Waals surface area contributed by atoms with E-state index in [0.29, 0.717) is 18.4 Å². The lowest BCUT2D eigenvalue weighted by Crippen LogP contribution is -2.09. The van der Waals surface area contributed by atoms with Gasteiger partial charge in [0, 0.05) is 0 Å². The Morgan fingerprint density at radius 2 is 2.12 bits per heavy atom. The summed E-state index contributed by atoms with van der Waals surface area (Å²) in [6.45, 7) is 0.00414. The van der Waals surface area contributed by atoms with Crippen molar-refractivity contribution in [3.05, 3.63) is 29.6 Å². The first-order valence-corrected chi connectivity index (χ1v) is 6.66. The van der Waals surface area contributed by atoms with Crippen LogP contribution in [0, 0.1) is 5.82 Å². The van der Waals surface area contributed by atoms with Gasteiger partial charge in [-0.25, -0.2) is 22.6 Å². The highest BCUT2D eigenvalue weighted by Gasteiger charge is 2.38. The maximum absolute atomic E-state index is 13.6. The number of aliphatic imine (C=N–C) groups is 1. The number of nitrogens with zero attached hydrogens (tertiary/aromatic N) is 1. The summed E-state index contributed by atoms with van der Waals surface area (Å²) in [5.74, 6) is -0.782. The van der Waals surface area contributed by atoms with Crippen molar-refractivity contribution < 1.29 is 17.6 Å². The molecule has 4 nitrogen and oxygen atoms in total. The summed E-state index contributed by atoms with van der Waals surface area (Å²) < 4.78 is 37.3. The van der Waals surface area contributed by atoms with Crippen LogP contribution in [-0.4, -0.2) is 19.7 Å². The van der Waals surface area contributed by atoms with Gasteiger partial charge in [0.05, 0.1) is 11.8 Å². The van der Waals surface area contributed by atoms with Crippen LogP contribution in [0.2, 0.25) is 0 Å². The zero-order chi connectivity index (χ0) is 12.5. The Labute approximate surface area is 98.1 Å². The average molecular weight is 255 g/mol. The smallest absolute Gasteiger partial charge is 0.223 e. The second-order valence-corrected chi connectivity index (χ2v) is 6.11. The Kier molecular flexibility index (Phi) is 3.09. The lowest BCUT2D eigenvalue weighted by atomic mass is 10.2. The summed E-state index contributed by atoms with van der Waals surface area (Å²) in [6, 6.07) is 3.79. The topological polar surface area (TPSA) is 63.6 Å². The van der Waals surface area contributed by atoms with Gasteiger partial charge in [0.25, 0.3) is 0 Å².